The molecule has 2 atom stereocenters. The Morgan fingerprint density at radius 2 is 2.20 bits per heavy atom. The molecule has 2 unspecified atom stereocenters. The molecule has 1 heterocycles. The van der Waals surface area contributed by atoms with Gasteiger partial charge in [-0.2, -0.15) is 0 Å². The van der Waals surface area contributed by atoms with Crippen molar-refractivity contribution in [2.24, 2.45) is 11.8 Å². The third-order valence-corrected chi connectivity index (χ3v) is 6.31. The Morgan fingerprint density at radius 3 is 2.75 bits per heavy atom. The molecule has 4 nitrogen and oxygen atoms in total. The van der Waals surface area contributed by atoms with E-state index >= 15 is 0 Å². The largest absolute Gasteiger partial charge is 0.481 e. The van der Waals surface area contributed by atoms with Gasteiger partial charge in [0.25, 0.3) is 0 Å². The number of aliphatic carboxylic acids is 1. The van der Waals surface area contributed by atoms with Gasteiger partial charge in [-0.3, -0.25) is 4.79 Å². The number of hydrogen-bond acceptors (Lipinski definition) is 3. The fourth-order valence-electron chi connectivity index (χ4n) is 2.54. The average Bonchev–Trinajstić information content (AvgIpc) is 2.71. The Balaban J connectivity index is 2.23. The molecule has 7 heteroatoms. The minimum atomic E-state index is -3.13. The van der Waals surface area contributed by atoms with E-state index in [2.05, 4.69) is 15.9 Å². The fourth-order valence-corrected chi connectivity index (χ4v) is 4.85. The van der Waals surface area contributed by atoms with Gasteiger partial charge < -0.3 is 5.11 Å². The predicted octanol–water partition coefficient (Wildman–Crippen LogP) is 2.27. The van der Waals surface area contributed by atoms with E-state index in [0.29, 0.717) is 12.0 Å². The second kappa shape index (κ2) is 5.81. The molecule has 0 saturated carbocycles. The second-order valence-electron chi connectivity index (χ2n) is 5.02. The topological polar surface area (TPSA) is 71.4 Å². The smallest absolute Gasteiger partial charge is 0.307 e. The predicted molar refractivity (Wildman–Crippen MR) is 75.7 cm³/mol. The van der Waals surface area contributed by atoms with Gasteiger partial charge >= 0.3 is 5.97 Å². The number of carbonyl (C=O) groups is 1. The van der Waals surface area contributed by atoms with Crippen LogP contribution in [0.2, 0.25) is 0 Å². The lowest BCUT2D eigenvalue weighted by Gasteiger charge is -2.19. The van der Waals surface area contributed by atoms with Crippen LogP contribution >= 0.6 is 15.9 Å². The number of sulfone groups is 1. The molecule has 1 fully saturated rings. The first kappa shape index (κ1) is 15.4. The van der Waals surface area contributed by atoms with Crippen LogP contribution in [0.3, 0.4) is 0 Å². The van der Waals surface area contributed by atoms with Crippen molar-refractivity contribution in [3.63, 3.8) is 0 Å². The first-order chi connectivity index (χ1) is 9.30. The van der Waals surface area contributed by atoms with Crippen LogP contribution in [-0.2, 0) is 21.1 Å². The summed E-state index contributed by atoms with van der Waals surface area (Å²) in [5.74, 6) is -2.78. The van der Waals surface area contributed by atoms with Gasteiger partial charge in [-0.1, -0.05) is 12.1 Å². The highest BCUT2D eigenvalue weighted by molar-refractivity contribution is 9.10. The third kappa shape index (κ3) is 3.38. The van der Waals surface area contributed by atoms with Crippen molar-refractivity contribution in [3.8, 4) is 0 Å². The number of hydrogen-bond donors (Lipinski definition) is 1. The summed E-state index contributed by atoms with van der Waals surface area (Å²) in [6.45, 7) is 0. The monoisotopic (exact) mass is 364 g/mol. The number of halogens is 2. The van der Waals surface area contributed by atoms with E-state index < -0.39 is 33.5 Å². The molecular formula is C13H14BrFO4S. The molecular weight excluding hydrogens is 351 g/mol. The SMILES string of the molecule is O=C(O)C(Cc1cccc(F)c1Br)C1CCS(=O)(=O)C1. The normalized spacial score (nSPS) is 22.6. The Hall–Kier alpha value is -0.950. The molecule has 110 valence electrons. The molecule has 1 aliphatic heterocycles. The first-order valence-electron chi connectivity index (χ1n) is 6.16. The Bertz CT molecular complexity index is 629. The Kier molecular flexibility index (Phi) is 4.49. The Morgan fingerprint density at radius 1 is 1.50 bits per heavy atom. The maximum atomic E-state index is 13.4. The van der Waals surface area contributed by atoms with Crippen molar-refractivity contribution in [1.82, 2.24) is 0 Å². The fraction of sp³-hybridized carbons (Fsp3) is 0.462. The maximum Gasteiger partial charge on any atom is 0.307 e. The summed E-state index contributed by atoms with van der Waals surface area (Å²) in [6.07, 6.45) is 0.472. The maximum absolute atomic E-state index is 13.4. The lowest BCUT2D eigenvalue weighted by molar-refractivity contribution is -0.143. The van der Waals surface area contributed by atoms with Gasteiger partial charge in [-0.25, -0.2) is 12.8 Å². The highest BCUT2D eigenvalue weighted by Gasteiger charge is 2.37. The van der Waals surface area contributed by atoms with Crippen LogP contribution in [0.4, 0.5) is 4.39 Å². The summed E-state index contributed by atoms with van der Waals surface area (Å²) < 4.78 is 36.6. The summed E-state index contributed by atoms with van der Waals surface area (Å²) >= 11 is 3.10. The number of carboxylic acid groups (broad SMARTS) is 1. The number of carboxylic acids is 1. The van der Waals surface area contributed by atoms with Gasteiger partial charge in [0.1, 0.15) is 5.82 Å². The quantitative estimate of drug-likeness (QED) is 0.889. The van der Waals surface area contributed by atoms with E-state index in [4.69, 9.17) is 0 Å². The van der Waals surface area contributed by atoms with Crippen molar-refractivity contribution in [2.75, 3.05) is 11.5 Å². The van der Waals surface area contributed by atoms with Crippen molar-refractivity contribution < 1.29 is 22.7 Å². The van der Waals surface area contributed by atoms with Crippen molar-refractivity contribution in [3.05, 3.63) is 34.1 Å². The number of rotatable bonds is 4. The van der Waals surface area contributed by atoms with Crippen molar-refractivity contribution in [1.29, 1.82) is 0 Å². The lowest BCUT2D eigenvalue weighted by atomic mass is 9.86. The highest BCUT2D eigenvalue weighted by Crippen LogP contribution is 2.31. The van der Waals surface area contributed by atoms with Gasteiger partial charge in [0.05, 0.1) is 21.9 Å². The standard InChI is InChI=1S/C13H14BrFO4S/c14-12-8(2-1-3-11(12)15)6-10(13(16)17)9-4-5-20(18,19)7-9/h1-3,9-10H,4-7H2,(H,16,17). The van der Waals surface area contributed by atoms with Crippen molar-refractivity contribution >= 4 is 31.7 Å². The third-order valence-electron chi connectivity index (χ3n) is 3.63. The molecule has 0 bridgehead atoms. The second-order valence-corrected chi connectivity index (χ2v) is 8.05. The zero-order valence-electron chi connectivity index (χ0n) is 10.6. The zero-order valence-corrected chi connectivity index (χ0v) is 13.0. The first-order valence-corrected chi connectivity index (χ1v) is 8.78. The van der Waals surface area contributed by atoms with Gasteiger partial charge in [-0.05, 0) is 46.3 Å². The van der Waals surface area contributed by atoms with E-state index in [0.717, 1.165) is 0 Å². The highest BCUT2D eigenvalue weighted by atomic mass is 79.9. The molecule has 0 radical (unpaired) electrons. The van der Waals surface area contributed by atoms with Crippen LogP contribution in [0.15, 0.2) is 22.7 Å². The summed E-state index contributed by atoms with van der Waals surface area (Å²) in [6, 6.07) is 4.44. The molecule has 1 aliphatic rings. The molecule has 2 rings (SSSR count). The summed E-state index contributed by atoms with van der Waals surface area (Å²) in [7, 11) is -3.13. The number of benzene rings is 1. The van der Waals surface area contributed by atoms with Gasteiger partial charge in [0.2, 0.25) is 0 Å². The summed E-state index contributed by atoms with van der Waals surface area (Å²) in [5.41, 5.74) is 0.543. The summed E-state index contributed by atoms with van der Waals surface area (Å²) in [5, 5.41) is 9.32. The van der Waals surface area contributed by atoms with E-state index in [1.165, 1.54) is 12.1 Å². The molecule has 1 saturated heterocycles. The van der Waals surface area contributed by atoms with Crippen LogP contribution in [0.1, 0.15) is 12.0 Å². The molecule has 0 spiro atoms. The minimum Gasteiger partial charge on any atom is -0.481 e. The van der Waals surface area contributed by atoms with Crippen LogP contribution in [0.5, 0.6) is 0 Å². The van der Waals surface area contributed by atoms with Gasteiger partial charge in [0, 0.05) is 0 Å². The Labute approximate surface area is 125 Å². The molecule has 1 aromatic rings. The molecule has 20 heavy (non-hydrogen) atoms. The molecule has 0 aromatic heterocycles. The van der Waals surface area contributed by atoms with E-state index in [1.54, 1.807) is 6.07 Å². The van der Waals surface area contributed by atoms with E-state index in [9.17, 15) is 22.7 Å². The minimum absolute atomic E-state index is 0.0335. The van der Waals surface area contributed by atoms with Crippen molar-refractivity contribution in [2.45, 2.75) is 12.8 Å². The molecule has 1 aromatic carbocycles. The van der Waals surface area contributed by atoms with Crippen LogP contribution in [0.25, 0.3) is 0 Å². The van der Waals surface area contributed by atoms with E-state index in [1.807, 2.05) is 0 Å². The van der Waals surface area contributed by atoms with Gasteiger partial charge in [0.15, 0.2) is 9.84 Å². The molecule has 1 N–H and O–H groups in total. The lowest BCUT2D eigenvalue weighted by Crippen LogP contribution is -2.27. The zero-order chi connectivity index (χ0) is 14.9. The van der Waals surface area contributed by atoms with Crippen LogP contribution < -0.4 is 0 Å². The van der Waals surface area contributed by atoms with Crippen LogP contribution in [0, 0.1) is 17.7 Å². The molecule has 0 amide bonds. The van der Waals surface area contributed by atoms with E-state index in [-0.39, 0.29) is 22.4 Å². The van der Waals surface area contributed by atoms with Crippen LogP contribution in [-0.4, -0.2) is 31.0 Å². The average molecular weight is 365 g/mol. The summed E-state index contributed by atoms with van der Waals surface area (Å²) in [4.78, 5) is 11.4. The van der Waals surface area contributed by atoms with Gasteiger partial charge in [-0.15, -0.1) is 0 Å². The molecule has 0 aliphatic carbocycles.